The van der Waals surface area contributed by atoms with Crippen LogP contribution in [-0.4, -0.2) is 46.5 Å². The number of hydrogen-bond donors (Lipinski definition) is 1. The maximum Gasteiger partial charge on any atom is 0.573 e. The molecule has 3 heterocycles. The lowest BCUT2D eigenvalue weighted by molar-refractivity contribution is -0.274. The van der Waals surface area contributed by atoms with Gasteiger partial charge in [-0.05, 0) is 30.3 Å². The van der Waals surface area contributed by atoms with Gasteiger partial charge in [-0.2, -0.15) is 5.10 Å². The van der Waals surface area contributed by atoms with Gasteiger partial charge in [0.15, 0.2) is 5.65 Å². The number of aromatic nitrogens is 3. The van der Waals surface area contributed by atoms with E-state index in [1.807, 2.05) is 0 Å². The van der Waals surface area contributed by atoms with Crippen LogP contribution in [-0.2, 0) is 11.3 Å². The molecular formula is C18H15F4N5O3. The Labute approximate surface area is 166 Å². The summed E-state index contributed by atoms with van der Waals surface area (Å²) < 4.78 is 60.6. The molecular weight excluding hydrogens is 410 g/mol. The number of rotatable bonds is 5. The molecule has 0 atom stereocenters. The van der Waals surface area contributed by atoms with Gasteiger partial charge in [0.2, 0.25) is 0 Å². The Morgan fingerprint density at radius 1 is 1.20 bits per heavy atom. The van der Waals surface area contributed by atoms with E-state index in [2.05, 4.69) is 14.8 Å². The number of nitrogens with two attached hydrogens (primary N) is 1. The standard InChI is InChI=1S/C18H15F4N5O3/c19-10-7-26(8-10)14-5-6-24-16-15(14)13(9-29-17(23)28)25-27(16)11-1-3-12(4-2-11)30-18(20,21)22/h1-6,10H,7-9H2,(H2,23,28). The van der Waals surface area contributed by atoms with E-state index in [9.17, 15) is 22.4 Å². The van der Waals surface area contributed by atoms with E-state index in [1.165, 1.54) is 23.0 Å². The third-order valence-electron chi connectivity index (χ3n) is 4.46. The van der Waals surface area contributed by atoms with Gasteiger partial charge in [-0.25, -0.2) is 18.9 Å². The first-order valence-corrected chi connectivity index (χ1v) is 8.75. The fourth-order valence-electron chi connectivity index (χ4n) is 3.19. The SMILES string of the molecule is NC(=O)OCc1nn(-c2ccc(OC(F)(F)F)cc2)c2nccc(N3CC(F)C3)c12. The molecule has 12 heteroatoms. The number of amides is 1. The summed E-state index contributed by atoms with van der Waals surface area (Å²) in [7, 11) is 0. The van der Waals surface area contributed by atoms with Crippen molar-refractivity contribution >= 4 is 22.8 Å². The van der Waals surface area contributed by atoms with Crippen molar-refractivity contribution in [2.24, 2.45) is 5.73 Å². The van der Waals surface area contributed by atoms with Gasteiger partial charge in [0.1, 0.15) is 24.2 Å². The molecule has 0 unspecified atom stereocenters. The zero-order valence-electron chi connectivity index (χ0n) is 15.3. The Morgan fingerprint density at radius 3 is 2.50 bits per heavy atom. The second kappa shape index (κ2) is 7.35. The highest BCUT2D eigenvalue weighted by Crippen LogP contribution is 2.34. The number of pyridine rings is 1. The molecule has 3 aromatic rings. The fraction of sp³-hybridized carbons (Fsp3) is 0.278. The van der Waals surface area contributed by atoms with Crippen LogP contribution >= 0.6 is 0 Å². The second-order valence-corrected chi connectivity index (χ2v) is 6.54. The summed E-state index contributed by atoms with van der Waals surface area (Å²) in [6.45, 7) is 0.146. The molecule has 1 aromatic carbocycles. The van der Waals surface area contributed by atoms with Gasteiger partial charge in [-0.3, -0.25) is 0 Å². The van der Waals surface area contributed by atoms with Gasteiger partial charge in [0.25, 0.3) is 0 Å². The summed E-state index contributed by atoms with van der Waals surface area (Å²) in [6.07, 6.45) is -5.23. The lowest BCUT2D eigenvalue weighted by Gasteiger charge is -2.36. The van der Waals surface area contributed by atoms with Crippen molar-refractivity contribution in [1.82, 2.24) is 14.8 Å². The number of halogens is 4. The number of ether oxygens (including phenoxy) is 2. The molecule has 1 aliphatic rings. The quantitative estimate of drug-likeness (QED) is 0.632. The van der Waals surface area contributed by atoms with Crippen molar-refractivity contribution in [2.45, 2.75) is 19.1 Å². The van der Waals surface area contributed by atoms with Crippen LogP contribution in [0.1, 0.15) is 5.69 Å². The largest absolute Gasteiger partial charge is 0.573 e. The number of fused-ring (bicyclic) bond motifs is 1. The summed E-state index contributed by atoms with van der Waals surface area (Å²) in [6, 6.07) is 6.73. The van der Waals surface area contributed by atoms with E-state index >= 15 is 0 Å². The number of carbonyl (C=O) groups is 1. The average Bonchev–Trinajstić information content (AvgIpc) is 3.02. The van der Waals surface area contributed by atoms with E-state index in [-0.39, 0.29) is 25.4 Å². The van der Waals surface area contributed by atoms with Crippen LogP contribution in [0, 0.1) is 0 Å². The molecule has 1 amide bonds. The van der Waals surface area contributed by atoms with Crippen LogP contribution < -0.4 is 15.4 Å². The van der Waals surface area contributed by atoms with Gasteiger partial charge >= 0.3 is 12.5 Å². The molecule has 8 nitrogen and oxygen atoms in total. The zero-order chi connectivity index (χ0) is 21.5. The molecule has 158 valence electrons. The first-order valence-electron chi connectivity index (χ1n) is 8.75. The number of carbonyl (C=O) groups excluding carboxylic acids is 1. The van der Waals surface area contributed by atoms with Crippen LogP contribution in [0.25, 0.3) is 16.7 Å². The predicted octanol–water partition coefficient (Wildman–Crippen LogP) is 3.07. The number of hydrogen-bond acceptors (Lipinski definition) is 6. The van der Waals surface area contributed by atoms with Crippen molar-refractivity contribution in [3.63, 3.8) is 0 Å². The lowest BCUT2D eigenvalue weighted by Crippen LogP contribution is -2.48. The first kappa shape index (κ1) is 19.7. The topological polar surface area (TPSA) is 95.5 Å². The van der Waals surface area contributed by atoms with Gasteiger partial charge in [0.05, 0.1) is 29.9 Å². The van der Waals surface area contributed by atoms with Crippen LogP contribution in [0.4, 0.5) is 28.0 Å². The summed E-state index contributed by atoms with van der Waals surface area (Å²) in [5.41, 5.74) is 6.79. The van der Waals surface area contributed by atoms with E-state index in [0.717, 1.165) is 12.1 Å². The van der Waals surface area contributed by atoms with Crippen molar-refractivity contribution < 1.29 is 31.8 Å². The number of primary amides is 1. The van der Waals surface area contributed by atoms with E-state index in [0.29, 0.717) is 28.1 Å². The molecule has 2 N–H and O–H groups in total. The Hall–Kier alpha value is -3.57. The van der Waals surface area contributed by atoms with Gasteiger partial charge < -0.3 is 20.1 Å². The minimum absolute atomic E-state index is 0.198. The lowest BCUT2D eigenvalue weighted by atomic mass is 10.1. The molecule has 4 rings (SSSR count). The monoisotopic (exact) mass is 425 g/mol. The smallest absolute Gasteiger partial charge is 0.443 e. The molecule has 0 aliphatic carbocycles. The summed E-state index contributed by atoms with van der Waals surface area (Å²) in [5, 5.41) is 4.92. The van der Waals surface area contributed by atoms with Crippen molar-refractivity contribution in [2.75, 3.05) is 18.0 Å². The highest BCUT2D eigenvalue weighted by Gasteiger charge is 2.31. The van der Waals surface area contributed by atoms with E-state index < -0.39 is 18.6 Å². The maximum atomic E-state index is 13.4. The van der Waals surface area contributed by atoms with Crippen molar-refractivity contribution in [3.8, 4) is 11.4 Å². The molecule has 2 aromatic heterocycles. The minimum Gasteiger partial charge on any atom is -0.443 e. The number of benzene rings is 1. The van der Waals surface area contributed by atoms with Gasteiger partial charge in [-0.1, -0.05) is 0 Å². The Kier molecular flexibility index (Phi) is 4.84. The molecule has 1 fully saturated rings. The van der Waals surface area contributed by atoms with E-state index in [4.69, 9.17) is 10.5 Å². The molecule has 30 heavy (non-hydrogen) atoms. The van der Waals surface area contributed by atoms with Crippen LogP contribution in [0.15, 0.2) is 36.5 Å². The molecule has 0 bridgehead atoms. The molecule has 1 aliphatic heterocycles. The third-order valence-corrected chi connectivity index (χ3v) is 4.46. The summed E-state index contributed by atoms with van der Waals surface area (Å²) >= 11 is 0. The molecule has 0 radical (unpaired) electrons. The summed E-state index contributed by atoms with van der Waals surface area (Å²) in [5.74, 6) is -0.386. The Balaban J connectivity index is 1.76. The Bertz CT molecular complexity index is 1080. The highest BCUT2D eigenvalue weighted by molar-refractivity contribution is 5.93. The van der Waals surface area contributed by atoms with Crippen molar-refractivity contribution in [3.05, 3.63) is 42.2 Å². The number of alkyl halides is 4. The average molecular weight is 425 g/mol. The minimum atomic E-state index is -4.80. The predicted molar refractivity (Wildman–Crippen MR) is 97.0 cm³/mol. The van der Waals surface area contributed by atoms with Crippen LogP contribution in [0.5, 0.6) is 5.75 Å². The Morgan fingerprint density at radius 2 is 1.90 bits per heavy atom. The number of anilines is 1. The second-order valence-electron chi connectivity index (χ2n) is 6.54. The van der Waals surface area contributed by atoms with Crippen molar-refractivity contribution in [1.29, 1.82) is 0 Å². The highest BCUT2D eigenvalue weighted by atomic mass is 19.4. The molecule has 1 saturated heterocycles. The molecule has 0 saturated carbocycles. The van der Waals surface area contributed by atoms with E-state index in [1.54, 1.807) is 11.0 Å². The summed E-state index contributed by atoms with van der Waals surface area (Å²) in [4.78, 5) is 17.1. The molecule has 0 spiro atoms. The van der Waals surface area contributed by atoms with Crippen LogP contribution in [0.2, 0.25) is 0 Å². The zero-order valence-corrected chi connectivity index (χ0v) is 15.3. The normalized spacial score (nSPS) is 14.6. The third kappa shape index (κ3) is 3.93. The van der Waals surface area contributed by atoms with Gasteiger partial charge in [-0.15, -0.1) is 13.2 Å². The number of nitrogens with zero attached hydrogens (tertiary/aromatic N) is 4. The fourth-order valence-corrected chi connectivity index (χ4v) is 3.19. The maximum absolute atomic E-state index is 13.4. The van der Waals surface area contributed by atoms with Gasteiger partial charge in [0, 0.05) is 6.20 Å². The van der Waals surface area contributed by atoms with Crippen LogP contribution in [0.3, 0.4) is 0 Å². The first-order chi connectivity index (χ1) is 14.2.